The lowest BCUT2D eigenvalue weighted by Crippen LogP contribution is -2.31. The summed E-state index contributed by atoms with van der Waals surface area (Å²) >= 11 is 0. The van der Waals surface area contributed by atoms with Gasteiger partial charge in [-0.05, 0) is 38.5 Å². The van der Waals surface area contributed by atoms with Gasteiger partial charge in [0, 0.05) is 40.0 Å². The quantitative estimate of drug-likeness (QED) is 0.831. The van der Waals surface area contributed by atoms with Crippen LogP contribution in [0.4, 0.5) is 5.95 Å². The number of rotatable bonds is 5. The van der Waals surface area contributed by atoms with Crippen LogP contribution in [0.2, 0.25) is 0 Å². The summed E-state index contributed by atoms with van der Waals surface area (Å²) in [6.07, 6.45) is 4.59. The zero-order valence-electron chi connectivity index (χ0n) is 13.1. The fraction of sp³-hybridized carbons (Fsp3) is 0.867. The van der Waals surface area contributed by atoms with E-state index in [9.17, 15) is 0 Å². The molecule has 3 rings (SSSR count). The lowest BCUT2D eigenvalue weighted by atomic mass is 10.00. The lowest BCUT2D eigenvalue weighted by molar-refractivity contribution is 0.0684. The van der Waals surface area contributed by atoms with Gasteiger partial charge >= 0.3 is 0 Å². The first-order valence-electron chi connectivity index (χ1n) is 8.13. The van der Waals surface area contributed by atoms with E-state index in [4.69, 9.17) is 9.47 Å². The van der Waals surface area contributed by atoms with Gasteiger partial charge in [-0.25, -0.2) is 0 Å². The molecule has 0 aliphatic carbocycles. The smallest absolute Gasteiger partial charge is 0.227 e. The second-order valence-electron chi connectivity index (χ2n) is 6.04. The van der Waals surface area contributed by atoms with Crippen LogP contribution in [0.1, 0.15) is 44.5 Å². The Morgan fingerprint density at radius 3 is 2.67 bits per heavy atom. The Hall–Kier alpha value is -1.14. The minimum atomic E-state index is 0.127. The van der Waals surface area contributed by atoms with Gasteiger partial charge in [-0.3, -0.25) is 4.57 Å². The third-order valence-corrected chi connectivity index (χ3v) is 4.51. The highest BCUT2D eigenvalue weighted by Crippen LogP contribution is 2.29. The van der Waals surface area contributed by atoms with Crippen LogP contribution in [0.5, 0.6) is 0 Å². The molecule has 1 atom stereocenters. The molecule has 0 aromatic carbocycles. The van der Waals surface area contributed by atoms with Crippen LogP contribution >= 0.6 is 0 Å². The number of ether oxygens (including phenoxy) is 2. The van der Waals surface area contributed by atoms with E-state index in [1.165, 1.54) is 0 Å². The van der Waals surface area contributed by atoms with E-state index in [-0.39, 0.29) is 6.10 Å². The molecule has 0 unspecified atom stereocenters. The van der Waals surface area contributed by atoms with Crippen LogP contribution in [0.3, 0.4) is 0 Å². The predicted octanol–water partition coefficient (Wildman–Crippen LogP) is 2.01. The Morgan fingerprint density at radius 1 is 1.19 bits per heavy atom. The molecule has 0 bridgehead atoms. The number of hydrogen-bond donors (Lipinski definition) is 0. The molecule has 0 spiro atoms. The Kier molecular flexibility index (Phi) is 4.75. The first-order chi connectivity index (χ1) is 10.3. The minimum Gasteiger partial charge on any atom is -0.381 e. The highest BCUT2D eigenvalue weighted by Gasteiger charge is 2.26. The summed E-state index contributed by atoms with van der Waals surface area (Å²) in [5, 5.41) is 8.83. The molecule has 2 saturated heterocycles. The topological polar surface area (TPSA) is 52.4 Å². The maximum absolute atomic E-state index is 5.77. The fourth-order valence-electron chi connectivity index (χ4n) is 3.31. The molecule has 118 valence electrons. The van der Waals surface area contributed by atoms with Crippen LogP contribution in [0, 0.1) is 5.92 Å². The second kappa shape index (κ2) is 6.75. The van der Waals surface area contributed by atoms with Crippen molar-refractivity contribution < 1.29 is 9.47 Å². The van der Waals surface area contributed by atoms with Crippen molar-refractivity contribution in [2.24, 2.45) is 5.92 Å². The second-order valence-corrected chi connectivity index (χ2v) is 6.04. The molecule has 6 heteroatoms. The van der Waals surface area contributed by atoms with Gasteiger partial charge in [-0.1, -0.05) is 0 Å². The highest BCUT2D eigenvalue weighted by molar-refractivity contribution is 5.30. The molecular weight excluding hydrogens is 268 g/mol. The van der Waals surface area contributed by atoms with Gasteiger partial charge < -0.3 is 14.4 Å². The predicted molar refractivity (Wildman–Crippen MR) is 80.4 cm³/mol. The summed E-state index contributed by atoms with van der Waals surface area (Å²) < 4.78 is 13.4. The highest BCUT2D eigenvalue weighted by atomic mass is 16.5. The third kappa shape index (κ3) is 3.21. The molecule has 2 fully saturated rings. The Balaban J connectivity index is 1.71. The first-order valence-corrected chi connectivity index (χ1v) is 8.13. The minimum absolute atomic E-state index is 0.127. The van der Waals surface area contributed by atoms with Crippen molar-refractivity contribution in [3.05, 3.63) is 5.82 Å². The van der Waals surface area contributed by atoms with E-state index < -0.39 is 0 Å². The molecule has 1 aromatic rings. The van der Waals surface area contributed by atoms with Crippen LogP contribution in [-0.2, 0) is 16.0 Å². The van der Waals surface area contributed by atoms with Crippen molar-refractivity contribution in [1.29, 1.82) is 0 Å². The Morgan fingerprint density at radius 2 is 2.00 bits per heavy atom. The standard InChI is InChI=1S/C15H26N4O2/c1-3-19-14(13-5-4-8-21-13)16-17-15(19)18(2)11-12-6-9-20-10-7-12/h12-13H,3-11H2,1-2H3/t13-/m1/s1. The molecule has 0 saturated carbocycles. The average Bonchev–Trinajstić information content (AvgIpc) is 3.16. The average molecular weight is 294 g/mol. The molecule has 3 heterocycles. The van der Waals surface area contributed by atoms with Gasteiger partial charge in [0.2, 0.25) is 5.95 Å². The number of nitrogens with zero attached hydrogens (tertiary/aromatic N) is 4. The molecule has 1 aromatic heterocycles. The summed E-state index contributed by atoms with van der Waals surface area (Å²) in [4.78, 5) is 2.24. The summed E-state index contributed by atoms with van der Waals surface area (Å²) in [5.41, 5.74) is 0. The van der Waals surface area contributed by atoms with E-state index in [2.05, 4.69) is 33.6 Å². The Bertz CT molecular complexity index is 451. The van der Waals surface area contributed by atoms with Crippen molar-refractivity contribution in [2.75, 3.05) is 38.3 Å². The van der Waals surface area contributed by atoms with Crippen molar-refractivity contribution in [2.45, 2.75) is 45.3 Å². The van der Waals surface area contributed by atoms with Gasteiger partial charge in [-0.2, -0.15) is 0 Å². The lowest BCUT2D eigenvalue weighted by Gasteiger charge is -2.28. The van der Waals surface area contributed by atoms with Crippen LogP contribution in [-0.4, -0.2) is 48.2 Å². The molecule has 2 aliphatic heterocycles. The van der Waals surface area contributed by atoms with Gasteiger partial charge in [0.1, 0.15) is 6.10 Å². The maximum Gasteiger partial charge on any atom is 0.227 e. The van der Waals surface area contributed by atoms with Crippen molar-refractivity contribution in [3.8, 4) is 0 Å². The molecule has 21 heavy (non-hydrogen) atoms. The van der Waals surface area contributed by atoms with Crippen LogP contribution in [0.15, 0.2) is 0 Å². The normalized spacial score (nSPS) is 23.6. The number of hydrogen-bond acceptors (Lipinski definition) is 5. The van der Waals surface area contributed by atoms with E-state index in [0.717, 1.165) is 70.4 Å². The largest absolute Gasteiger partial charge is 0.381 e. The molecular formula is C15H26N4O2. The van der Waals surface area contributed by atoms with Gasteiger partial charge in [0.25, 0.3) is 0 Å². The summed E-state index contributed by atoms with van der Waals surface area (Å²) in [6.45, 7) is 6.67. The van der Waals surface area contributed by atoms with Crippen LogP contribution < -0.4 is 4.90 Å². The third-order valence-electron chi connectivity index (χ3n) is 4.51. The van der Waals surface area contributed by atoms with Crippen molar-refractivity contribution >= 4 is 5.95 Å². The van der Waals surface area contributed by atoms with Gasteiger partial charge in [-0.15, -0.1) is 10.2 Å². The van der Waals surface area contributed by atoms with Crippen molar-refractivity contribution in [1.82, 2.24) is 14.8 Å². The van der Waals surface area contributed by atoms with E-state index >= 15 is 0 Å². The first kappa shape index (κ1) is 14.8. The zero-order valence-corrected chi connectivity index (χ0v) is 13.1. The SMILES string of the molecule is CCn1c([C@H]2CCCO2)nnc1N(C)CC1CCOCC1. The summed E-state index contributed by atoms with van der Waals surface area (Å²) in [6, 6.07) is 0. The molecule has 0 radical (unpaired) electrons. The van der Waals surface area contributed by atoms with Gasteiger partial charge in [0.05, 0.1) is 0 Å². The zero-order chi connectivity index (χ0) is 14.7. The number of aromatic nitrogens is 3. The summed E-state index contributed by atoms with van der Waals surface area (Å²) in [5.74, 6) is 2.65. The Labute approximate surface area is 126 Å². The number of anilines is 1. The fourth-order valence-corrected chi connectivity index (χ4v) is 3.31. The van der Waals surface area contributed by atoms with Crippen molar-refractivity contribution in [3.63, 3.8) is 0 Å². The maximum atomic E-state index is 5.77. The molecule has 0 N–H and O–H groups in total. The van der Waals surface area contributed by atoms with E-state index in [1.54, 1.807) is 0 Å². The molecule has 6 nitrogen and oxygen atoms in total. The van der Waals surface area contributed by atoms with Gasteiger partial charge in [0.15, 0.2) is 5.82 Å². The molecule has 2 aliphatic rings. The van der Waals surface area contributed by atoms with E-state index in [0.29, 0.717) is 5.92 Å². The molecule has 0 amide bonds. The summed E-state index contributed by atoms with van der Waals surface area (Å²) in [7, 11) is 2.12. The van der Waals surface area contributed by atoms with E-state index in [1.807, 2.05) is 0 Å². The monoisotopic (exact) mass is 294 g/mol. The van der Waals surface area contributed by atoms with Crippen LogP contribution in [0.25, 0.3) is 0 Å².